The van der Waals surface area contributed by atoms with E-state index >= 15 is 0 Å². The Morgan fingerprint density at radius 1 is 1.04 bits per heavy atom. The fraction of sp³-hybridized carbons (Fsp3) is 0.300. The molecule has 138 valence electrons. The molecule has 26 heavy (non-hydrogen) atoms. The van der Waals surface area contributed by atoms with Crippen LogP contribution in [-0.2, 0) is 16.0 Å². The Labute approximate surface area is 152 Å². The number of aryl methyl sites for hydroxylation is 1. The van der Waals surface area contributed by atoms with Crippen molar-refractivity contribution in [3.8, 4) is 5.75 Å². The van der Waals surface area contributed by atoms with Crippen molar-refractivity contribution in [2.75, 3.05) is 25.6 Å². The van der Waals surface area contributed by atoms with Gasteiger partial charge in [0.25, 0.3) is 0 Å². The Balaban J connectivity index is 1.86. The molecule has 0 spiro atoms. The number of rotatable bonds is 10. The molecule has 0 aliphatic rings. The Bertz CT molecular complexity index is 727. The van der Waals surface area contributed by atoms with Crippen LogP contribution in [0.2, 0.25) is 0 Å². The number of hydrogen-bond donors (Lipinski definition) is 2. The van der Waals surface area contributed by atoms with Crippen molar-refractivity contribution in [1.29, 1.82) is 0 Å². The van der Waals surface area contributed by atoms with Crippen molar-refractivity contribution in [2.24, 2.45) is 0 Å². The highest BCUT2D eigenvalue weighted by Gasteiger charge is 2.08. The van der Waals surface area contributed by atoms with Gasteiger partial charge < -0.3 is 19.9 Å². The van der Waals surface area contributed by atoms with Crippen LogP contribution in [-0.4, -0.2) is 37.3 Å². The lowest BCUT2D eigenvalue weighted by molar-refractivity contribution is -0.116. The first kappa shape index (κ1) is 19.5. The van der Waals surface area contributed by atoms with Gasteiger partial charge in [-0.2, -0.15) is 0 Å². The first-order chi connectivity index (χ1) is 12.6. The molecule has 0 bridgehead atoms. The van der Waals surface area contributed by atoms with Crippen molar-refractivity contribution in [2.45, 2.75) is 19.3 Å². The van der Waals surface area contributed by atoms with Crippen LogP contribution in [0.15, 0.2) is 48.5 Å². The number of hydrogen-bond acceptors (Lipinski definition) is 4. The molecule has 0 unspecified atom stereocenters. The van der Waals surface area contributed by atoms with Crippen LogP contribution in [0.1, 0.15) is 28.8 Å². The Hall–Kier alpha value is -2.86. The summed E-state index contributed by atoms with van der Waals surface area (Å²) < 4.78 is 10.7. The Morgan fingerprint density at radius 3 is 2.46 bits per heavy atom. The van der Waals surface area contributed by atoms with E-state index < -0.39 is 5.97 Å². The lowest BCUT2D eigenvalue weighted by Gasteiger charge is -2.12. The molecular formula is C20H23NO5. The number of benzene rings is 2. The van der Waals surface area contributed by atoms with E-state index in [1.807, 2.05) is 18.2 Å². The molecule has 2 aromatic carbocycles. The number of aromatic carboxylic acids is 1. The normalized spacial score (nSPS) is 10.3. The van der Waals surface area contributed by atoms with E-state index in [9.17, 15) is 9.59 Å². The quantitative estimate of drug-likeness (QED) is 0.637. The topological polar surface area (TPSA) is 84.9 Å². The van der Waals surface area contributed by atoms with Crippen molar-refractivity contribution in [1.82, 2.24) is 0 Å². The molecule has 0 radical (unpaired) electrons. The summed E-state index contributed by atoms with van der Waals surface area (Å²) in [7, 11) is 1.64. The molecule has 0 saturated heterocycles. The highest BCUT2D eigenvalue weighted by Crippen LogP contribution is 2.24. The van der Waals surface area contributed by atoms with Crippen molar-refractivity contribution < 1.29 is 24.2 Å². The summed E-state index contributed by atoms with van der Waals surface area (Å²) in [5.74, 6) is -0.459. The monoisotopic (exact) mass is 357 g/mol. The number of amides is 1. The van der Waals surface area contributed by atoms with E-state index in [0.717, 1.165) is 12.0 Å². The average molecular weight is 357 g/mol. The number of ether oxygens (including phenoxy) is 2. The minimum atomic E-state index is -0.962. The molecular weight excluding hydrogens is 334 g/mol. The molecule has 2 N–H and O–H groups in total. The SMILES string of the molecule is COCCCOc1ccccc1NC(=O)CCc1ccc(C(=O)O)cc1. The number of carbonyl (C=O) groups excluding carboxylic acids is 1. The van der Waals surface area contributed by atoms with Crippen LogP contribution in [0, 0.1) is 0 Å². The maximum absolute atomic E-state index is 12.2. The summed E-state index contributed by atoms with van der Waals surface area (Å²) in [5, 5.41) is 11.8. The first-order valence-electron chi connectivity index (χ1n) is 8.43. The number of methoxy groups -OCH3 is 1. The number of nitrogens with one attached hydrogen (secondary N) is 1. The summed E-state index contributed by atoms with van der Waals surface area (Å²) in [4.78, 5) is 23.1. The van der Waals surface area contributed by atoms with Gasteiger partial charge in [-0.1, -0.05) is 24.3 Å². The van der Waals surface area contributed by atoms with Gasteiger partial charge in [-0.3, -0.25) is 4.79 Å². The molecule has 1 amide bonds. The number of carbonyl (C=O) groups is 2. The highest BCUT2D eigenvalue weighted by molar-refractivity contribution is 5.92. The van der Waals surface area contributed by atoms with E-state index in [-0.39, 0.29) is 11.5 Å². The van der Waals surface area contributed by atoms with Gasteiger partial charge in [-0.15, -0.1) is 0 Å². The summed E-state index contributed by atoms with van der Waals surface area (Å²) in [6, 6.07) is 13.8. The average Bonchev–Trinajstić information content (AvgIpc) is 2.65. The van der Waals surface area contributed by atoms with Crippen molar-refractivity contribution >= 4 is 17.6 Å². The maximum Gasteiger partial charge on any atom is 0.335 e. The number of carboxylic acids is 1. The number of anilines is 1. The molecule has 6 nitrogen and oxygen atoms in total. The molecule has 0 heterocycles. The smallest absolute Gasteiger partial charge is 0.335 e. The lowest BCUT2D eigenvalue weighted by Crippen LogP contribution is -2.13. The van der Waals surface area contributed by atoms with Gasteiger partial charge in [0.1, 0.15) is 5.75 Å². The van der Waals surface area contributed by atoms with Crippen LogP contribution >= 0.6 is 0 Å². The largest absolute Gasteiger partial charge is 0.491 e. The molecule has 0 saturated carbocycles. The van der Waals surface area contributed by atoms with Crippen LogP contribution in [0.5, 0.6) is 5.75 Å². The fourth-order valence-electron chi connectivity index (χ4n) is 2.37. The minimum Gasteiger partial charge on any atom is -0.491 e. The van der Waals surface area contributed by atoms with Gasteiger partial charge in [0.15, 0.2) is 0 Å². The van der Waals surface area contributed by atoms with Gasteiger partial charge >= 0.3 is 5.97 Å². The Morgan fingerprint density at radius 2 is 1.77 bits per heavy atom. The van der Waals surface area contributed by atoms with Crippen LogP contribution in [0.25, 0.3) is 0 Å². The number of para-hydroxylation sites is 2. The zero-order chi connectivity index (χ0) is 18.8. The van der Waals surface area contributed by atoms with Gasteiger partial charge in [0.05, 0.1) is 17.9 Å². The first-order valence-corrected chi connectivity index (χ1v) is 8.43. The zero-order valence-electron chi connectivity index (χ0n) is 14.7. The molecule has 2 aromatic rings. The van der Waals surface area contributed by atoms with Gasteiger partial charge in [-0.25, -0.2) is 4.79 Å². The molecule has 0 fully saturated rings. The Kier molecular flexibility index (Phi) is 7.64. The third kappa shape index (κ3) is 6.22. The summed E-state index contributed by atoms with van der Waals surface area (Å²) in [6.07, 6.45) is 1.60. The van der Waals surface area contributed by atoms with E-state index in [0.29, 0.717) is 37.5 Å². The molecule has 0 atom stereocenters. The summed E-state index contributed by atoms with van der Waals surface area (Å²) >= 11 is 0. The van der Waals surface area contributed by atoms with Crippen LogP contribution in [0.3, 0.4) is 0 Å². The van der Waals surface area contributed by atoms with Gasteiger partial charge in [0, 0.05) is 26.6 Å². The third-order valence-corrected chi connectivity index (χ3v) is 3.75. The maximum atomic E-state index is 12.2. The van der Waals surface area contributed by atoms with Crippen LogP contribution in [0.4, 0.5) is 5.69 Å². The minimum absolute atomic E-state index is 0.125. The summed E-state index contributed by atoms with van der Waals surface area (Å²) in [5.41, 5.74) is 1.78. The highest BCUT2D eigenvalue weighted by atomic mass is 16.5. The predicted octanol–water partition coefficient (Wildman–Crippen LogP) is 3.37. The van der Waals surface area contributed by atoms with E-state index in [2.05, 4.69) is 5.32 Å². The van der Waals surface area contributed by atoms with Crippen molar-refractivity contribution in [3.63, 3.8) is 0 Å². The second-order valence-electron chi connectivity index (χ2n) is 5.74. The molecule has 2 rings (SSSR count). The van der Waals surface area contributed by atoms with E-state index in [1.165, 1.54) is 0 Å². The summed E-state index contributed by atoms with van der Waals surface area (Å²) in [6.45, 7) is 1.13. The molecule has 0 aromatic heterocycles. The van der Waals surface area contributed by atoms with E-state index in [4.69, 9.17) is 14.6 Å². The lowest BCUT2D eigenvalue weighted by atomic mass is 10.1. The van der Waals surface area contributed by atoms with Crippen molar-refractivity contribution in [3.05, 3.63) is 59.7 Å². The van der Waals surface area contributed by atoms with Gasteiger partial charge in [0.2, 0.25) is 5.91 Å². The second kappa shape index (κ2) is 10.2. The molecule has 0 aliphatic heterocycles. The zero-order valence-corrected chi connectivity index (χ0v) is 14.7. The van der Waals surface area contributed by atoms with Gasteiger partial charge in [-0.05, 0) is 36.2 Å². The second-order valence-corrected chi connectivity index (χ2v) is 5.74. The van der Waals surface area contributed by atoms with Crippen LogP contribution < -0.4 is 10.1 Å². The standard InChI is InChI=1S/C20H23NO5/c1-25-13-4-14-26-18-6-3-2-5-17(18)21-19(22)12-9-15-7-10-16(11-8-15)20(23)24/h2-3,5-8,10-11H,4,9,12-14H2,1H3,(H,21,22)(H,23,24). The molecule has 6 heteroatoms. The van der Waals surface area contributed by atoms with E-state index in [1.54, 1.807) is 37.4 Å². The number of carboxylic acid groups (broad SMARTS) is 1. The third-order valence-electron chi connectivity index (χ3n) is 3.75. The fourth-order valence-corrected chi connectivity index (χ4v) is 2.37. The predicted molar refractivity (Wildman–Crippen MR) is 98.8 cm³/mol. The molecule has 0 aliphatic carbocycles.